The summed E-state index contributed by atoms with van der Waals surface area (Å²) in [4.78, 5) is 0. The van der Waals surface area contributed by atoms with E-state index in [0.717, 1.165) is 26.1 Å². The molecule has 1 N–H and O–H groups in total. The summed E-state index contributed by atoms with van der Waals surface area (Å²) in [6.07, 6.45) is 1.40. The van der Waals surface area contributed by atoms with Crippen molar-refractivity contribution in [3.8, 4) is 0 Å². The minimum Gasteiger partial charge on any atom is -0.377 e. The molecular weight excluding hydrogens is 224 g/mol. The van der Waals surface area contributed by atoms with E-state index in [0.29, 0.717) is 6.10 Å². The summed E-state index contributed by atoms with van der Waals surface area (Å²) in [6.45, 7) is 13.9. The maximum Gasteiger partial charge on any atom is 0.0726 e. The maximum atomic E-state index is 5.67. The second-order valence-electron chi connectivity index (χ2n) is 5.67. The lowest BCUT2D eigenvalue weighted by molar-refractivity contribution is 0.0881. The fourth-order valence-corrected chi connectivity index (χ4v) is 2.90. The highest BCUT2D eigenvalue weighted by Gasteiger charge is 2.36. The average molecular weight is 250 g/mol. The average Bonchev–Trinajstić information content (AvgIpc) is 2.79. The molecule has 3 nitrogen and oxygen atoms in total. The van der Waals surface area contributed by atoms with Gasteiger partial charge in [-0.3, -0.25) is 0 Å². The highest BCUT2D eigenvalue weighted by atomic mass is 16.5. The van der Waals surface area contributed by atoms with Gasteiger partial charge in [-0.2, -0.15) is 0 Å². The van der Waals surface area contributed by atoms with E-state index in [4.69, 9.17) is 4.74 Å². The smallest absolute Gasteiger partial charge is 0.0726 e. The third-order valence-electron chi connectivity index (χ3n) is 4.56. The van der Waals surface area contributed by atoms with E-state index < -0.39 is 0 Å². The molecule has 0 spiro atoms. The fourth-order valence-electron chi connectivity index (χ4n) is 2.90. The Labute approximate surface area is 111 Å². The molecule has 2 rings (SSSR count). The van der Waals surface area contributed by atoms with E-state index >= 15 is 0 Å². The number of aryl methyl sites for hydroxylation is 1. The first kappa shape index (κ1) is 13.6. The number of rotatable bonds is 4. The Hall–Kier alpha value is -0.800. The molecule has 0 aliphatic carbocycles. The molecule has 1 aliphatic heterocycles. The van der Waals surface area contributed by atoms with Crippen LogP contribution in [0.25, 0.3) is 0 Å². The van der Waals surface area contributed by atoms with Crippen molar-refractivity contribution >= 4 is 0 Å². The predicted octanol–water partition coefficient (Wildman–Crippen LogP) is 2.78. The first-order chi connectivity index (χ1) is 8.48. The Morgan fingerprint density at radius 1 is 1.50 bits per heavy atom. The van der Waals surface area contributed by atoms with E-state index in [1.807, 2.05) is 0 Å². The standard InChI is InChI=1S/C15H26N2O/c1-6-17-11(2)9-14(12(17)3)10-16-15(5)7-8-18-13(15)4/h9,13,16H,6-8,10H2,1-5H3. The van der Waals surface area contributed by atoms with Gasteiger partial charge in [-0.1, -0.05) is 0 Å². The zero-order valence-electron chi connectivity index (χ0n) is 12.3. The van der Waals surface area contributed by atoms with Gasteiger partial charge in [0.1, 0.15) is 0 Å². The van der Waals surface area contributed by atoms with Crippen LogP contribution in [0.1, 0.15) is 44.1 Å². The molecule has 1 saturated heterocycles. The first-order valence-electron chi connectivity index (χ1n) is 7.00. The molecule has 1 aromatic heterocycles. The summed E-state index contributed by atoms with van der Waals surface area (Å²) in [5, 5.41) is 3.69. The van der Waals surface area contributed by atoms with Crippen LogP contribution in [-0.2, 0) is 17.8 Å². The molecular formula is C15H26N2O. The van der Waals surface area contributed by atoms with Crippen LogP contribution in [0.15, 0.2) is 6.07 Å². The molecule has 2 unspecified atom stereocenters. The zero-order chi connectivity index (χ0) is 13.3. The van der Waals surface area contributed by atoms with Crippen LogP contribution in [0.5, 0.6) is 0 Å². The van der Waals surface area contributed by atoms with Crippen LogP contribution in [0.3, 0.4) is 0 Å². The van der Waals surface area contributed by atoms with Gasteiger partial charge in [0.25, 0.3) is 0 Å². The summed E-state index contributed by atoms with van der Waals surface area (Å²) >= 11 is 0. The van der Waals surface area contributed by atoms with Crippen LogP contribution in [0, 0.1) is 13.8 Å². The van der Waals surface area contributed by atoms with E-state index in [2.05, 4.69) is 50.6 Å². The lowest BCUT2D eigenvalue weighted by Crippen LogP contribution is -2.47. The Kier molecular flexibility index (Phi) is 3.83. The van der Waals surface area contributed by atoms with Gasteiger partial charge in [0.2, 0.25) is 0 Å². The van der Waals surface area contributed by atoms with Crippen molar-refractivity contribution < 1.29 is 4.74 Å². The Morgan fingerprint density at radius 2 is 2.22 bits per heavy atom. The lowest BCUT2D eigenvalue weighted by Gasteiger charge is -2.29. The fraction of sp³-hybridized carbons (Fsp3) is 0.733. The number of nitrogens with zero attached hydrogens (tertiary/aromatic N) is 1. The van der Waals surface area contributed by atoms with Crippen LogP contribution in [0.2, 0.25) is 0 Å². The zero-order valence-corrected chi connectivity index (χ0v) is 12.3. The number of ether oxygens (including phenoxy) is 1. The highest BCUT2D eigenvalue weighted by molar-refractivity contribution is 5.26. The van der Waals surface area contributed by atoms with Crippen molar-refractivity contribution in [2.45, 2.75) is 65.8 Å². The third-order valence-corrected chi connectivity index (χ3v) is 4.56. The van der Waals surface area contributed by atoms with Crippen molar-refractivity contribution in [3.63, 3.8) is 0 Å². The molecule has 102 valence electrons. The monoisotopic (exact) mass is 250 g/mol. The van der Waals surface area contributed by atoms with Gasteiger partial charge in [0.15, 0.2) is 0 Å². The molecule has 18 heavy (non-hydrogen) atoms. The molecule has 2 atom stereocenters. The molecule has 0 bridgehead atoms. The number of aromatic nitrogens is 1. The van der Waals surface area contributed by atoms with Gasteiger partial charge in [0.05, 0.1) is 6.10 Å². The largest absolute Gasteiger partial charge is 0.377 e. The van der Waals surface area contributed by atoms with Crippen LogP contribution in [0.4, 0.5) is 0 Å². The lowest BCUT2D eigenvalue weighted by atomic mass is 9.94. The number of hydrogen-bond donors (Lipinski definition) is 1. The predicted molar refractivity (Wildman–Crippen MR) is 74.9 cm³/mol. The molecule has 2 heterocycles. The molecule has 1 aromatic rings. The van der Waals surface area contributed by atoms with Crippen molar-refractivity contribution in [1.29, 1.82) is 0 Å². The van der Waals surface area contributed by atoms with E-state index in [1.54, 1.807) is 0 Å². The van der Waals surface area contributed by atoms with Crippen molar-refractivity contribution in [2.75, 3.05) is 6.61 Å². The third kappa shape index (κ3) is 2.34. The second-order valence-corrected chi connectivity index (χ2v) is 5.67. The second kappa shape index (κ2) is 5.06. The maximum absolute atomic E-state index is 5.67. The van der Waals surface area contributed by atoms with Crippen LogP contribution >= 0.6 is 0 Å². The van der Waals surface area contributed by atoms with Crippen molar-refractivity contribution in [1.82, 2.24) is 9.88 Å². The normalized spacial score (nSPS) is 27.9. The van der Waals surface area contributed by atoms with Gasteiger partial charge < -0.3 is 14.6 Å². The molecule has 3 heteroatoms. The first-order valence-corrected chi connectivity index (χ1v) is 7.00. The molecule has 0 saturated carbocycles. The summed E-state index contributed by atoms with van der Waals surface area (Å²) in [5.74, 6) is 0. The Balaban J connectivity index is 2.07. The molecule has 0 radical (unpaired) electrons. The molecule has 0 amide bonds. The number of nitrogens with one attached hydrogen (secondary N) is 1. The van der Waals surface area contributed by atoms with Gasteiger partial charge in [-0.15, -0.1) is 0 Å². The number of hydrogen-bond acceptors (Lipinski definition) is 2. The van der Waals surface area contributed by atoms with Gasteiger partial charge >= 0.3 is 0 Å². The van der Waals surface area contributed by atoms with Gasteiger partial charge in [-0.05, 0) is 52.7 Å². The SMILES string of the molecule is CCn1c(C)cc(CNC2(C)CCOC2C)c1C. The molecule has 1 aliphatic rings. The van der Waals surface area contributed by atoms with Gasteiger partial charge in [-0.25, -0.2) is 0 Å². The van der Waals surface area contributed by atoms with E-state index in [1.165, 1.54) is 17.0 Å². The van der Waals surface area contributed by atoms with E-state index in [-0.39, 0.29) is 5.54 Å². The summed E-state index contributed by atoms with van der Waals surface area (Å²) in [5.41, 5.74) is 4.27. The minimum absolute atomic E-state index is 0.120. The molecule has 0 aromatic carbocycles. The van der Waals surface area contributed by atoms with Crippen LogP contribution < -0.4 is 5.32 Å². The Bertz CT molecular complexity index is 424. The topological polar surface area (TPSA) is 26.2 Å². The molecule has 1 fully saturated rings. The van der Waals surface area contributed by atoms with Gasteiger partial charge in [0, 0.05) is 36.6 Å². The van der Waals surface area contributed by atoms with Crippen molar-refractivity contribution in [2.24, 2.45) is 0 Å². The summed E-state index contributed by atoms with van der Waals surface area (Å²) < 4.78 is 8.04. The van der Waals surface area contributed by atoms with Crippen LogP contribution in [-0.4, -0.2) is 22.8 Å². The Morgan fingerprint density at radius 3 is 2.72 bits per heavy atom. The highest BCUT2D eigenvalue weighted by Crippen LogP contribution is 2.26. The van der Waals surface area contributed by atoms with E-state index in [9.17, 15) is 0 Å². The minimum atomic E-state index is 0.120. The summed E-state index contributed by atoms with van der Waals surface area (Å²) in [6, 6.07) is 2.30. The quantitative estimate of drug-likeness (QED) is 0.889. The summed E-state index contributed by atoms with van der Waals surface area (Å²) in [7, 11) is 0. The van der Waals surface area contributed by atoms with Crippen molar-refractivity contribution in [3.05, 3.63) is 23.0 Å².